The Bertz CT molecular complexity index is 424. The van der Waals surface area contributed by atoms with Crippen LogP contribution >= 0.6 is 0 Å². The third-order valence-electron chi connectivity index (χ3n) is 3.87. The molecule has 1 aliphatic carbocycles. The lowest BCUT2D eigenvalue weighted by atomic mass is 9.70. The summed E-state index contributed by atoms with van der Waals surface area (Å²) < 4.78 is 0. The molecule has 0 atom stereocenters. The Kier molecular flexibility index (Phi) is 4.27. The van der Waals surface area contributed by atoms with E-state index in [4.69, 9.17) is 0 Å². The molecule has 1 aromatic heterocycles. The van der Waals surface area contributed by atoms with Crippen LogP contribution in [0.4, 0.5) is 11.6 Å². The molecule has 0 saturated heterocycles. The quantitative estimate of drug-likeness (QED) is 0.822. The standard InChI is InChI=1S/C15H26N4/c1-5-16-12-9-13(19-14(18-12)11(2)3)17-10-15(4)7-6-8-15/h9,11H,5-8,10H2,1-4H3,(H2,16,17,18,19). The van der Waals surface area contributed by atoms with Gasteiger partial charge in [-0.1, -0.05) is 27.2 Å². The average molecular weight is 262 g/mol. The molecule has 4 nitrogen and oxygen atoms in total. The molecule has 106 valence electrons. The van der Waals surface area contributed by atoms with Crippen LogP contribution in [0.1, 0.15) is 58.7 Å². The third-order valence-corrected chi connectivity index (χ3v) is 3.87. The van der Waals surface area contributed by atoms with Gasteiger partial charge in [0, 0.05) is 25.1 Å². The molecule has 2 N–H and O–H groups in total. The maximum Gasteiger partial charge on any atom is 0.135 e. The van der Waals surface area contributed by atoms with Gasteiger partial charge in [-0.15, -0.1) is 0 Å². The van der Waals surface area contributed by atoms with Crippen molar-refractivity contribution < 1.29 is 0 Å². The van der Waals surface area contributed by atoms with E-state index in [-0.39, 0.29) is 0 Å². The van der Waals surface area contributed by atoms with Gasteiger partial charge < -0.3 is 10.6 Å². The first-order chi connectivity index (χ1) is 9.02. The molecule has 19 heavy (non-hydrogen) atoms. The summed E-state index contributed by atoms with van der Waals surface area (Å²) in [5, 5.41) is 6.77. The summed E-state index contributed by atoms with van der Waals surface area (Å²) in [4.78, 5) is 9.15. The summed E-state index contributed by atoms with van der Waals surface area (Å²) in [6.07, 6.45) is 4.01. The number of hydrogen-bond donors (Lipinski definition) is 2. The van der Waals surface area contributed by atoms with Crippen LogP contribution in [-0.4, -0.2) is 23.1 Å². The van der Waals surface area contributed by atoms with Gasteiger partial charge in [0.05, 0.1) is 0 Å². The van der Waals surface area contributed by atoms with Gasteiger partial charge in [0.15, 0.2) is 0 Å². The van der Waals surface area contributed by atoms with E-state index in [9.17, 15) is 0 Å². The van der Waals surface area contributed by atoms with E-state index < -0.39 is 0 Å². The lowest BCUT2D eigenvalue weighted by molar-refractivity contribution is 0.180. The number of anilines is 2. The summed E-state index contributed by atoms with van der Waals surface area (Å²) in [6, 6.07) is 2.01. The van der Waals surface area contributed by atoms with Crippen LogP contribution in [0.3, 0.4) is 0 Å². The third kappa shape index (κ3) is 3.58. The van der Waals surface area contributed by atoms with Crippen LogP contribution in [0, 0.1) is 5.41 Å². The molecule has 1 heterocycles. The van der Waals surface area contributed by atoms with Gasteiger partial charge in [0.1, 0.15) is 17.5 Å². The second-order valence-corrected chi connectivity index (χ2v) is 6.20. The van der Waals surface area contributed by atoms with E-state index in [2.05, 4.69) is 48.3 Å². The van der Waals surface area contributed by atoms with Crippen molar-refractivity contribution in [3.05, 3.63) is 11.9 Å². The highest BCUT2D eigenvalue weighted by atomic mass is 15.1. The number of aromatic nitrogens is 2. The summed E-state index contributed by atoms with van der Waals surface area (Å²) in [5.74, 6) is 3.11. The second-order valence-electron chi connectivity index (χ2n) is 6.20. The van der Waals surface area contributed by atoms with Crippen molar-refractivity contribution in [2.75, 3.05) is 23.7 Å². The zero-order chi connectivity index (χ0) is 13.9. The molecule has 0 bridgehead atoms. The van der Waals surface area contributed by atoms with E-state index >= 15 is 0 Å². The van der Waals surface area contributed by atoms with Crippen LogP contribution in [0.25, 0.3) is 0 Å². The lowest BCUT2D eigenvalue weighted by Crippen LogP contribution is -2.33. The van der Waals surface area contributed by atoms with Crippen LogP contribution in [0.2, 0.25) is 0 Å². The smallest absolute Gasteiger partial charge is 0.135 e. The summed E-state index contributed by atoms with van der Waals surface area (Å²) in [5.41, 5.74) is 0.460. The Balaban J connectivity index is 2.09. The van der Waals surface area contributed by atoms with Gasteiger partial charge in [0.2, 0.25) is 0 Å². The molecule has 1 aromatic rings. The highest BCUT2D eigenvalue weighted by Crippen LogP contribution is 2.40. The van der Waals surface area contributed by atoms with Gasteiger partial charge in [-0.3, -0.25) is 0 Å². The summed E-state index contributed by atoms with van der Waals surface area (Å²) >= 11 is 0. The first-order valence-corrected chi connectivity index (χ1v) is 7.39. The van der Waals surface area contributed by atoms with E-state index in [1.807, 2.05) is 6.07 Å². The lowest BCUT2D eigenvalue weighted by Gasteiger charge is -2.38. The van der Waals surface area contributed by atoms with Crippen molar-refractivity contribution in [3.63, 3.8) is 0 Å². The second kappa shape index (κ2) is 5.76. The molecular weight excluding hydrogens is 236 g/mol. The molecule has 4 heteroatoms. The molecule has 0 radical (unpaired) electrons. The number of nitrogens with zero attached hydrogens (tertiary/aromatic N) is 2. The van der Waals surface area contributed by atoms with Crippen molar-refractivity contribution in [1.29, 1.82) is 0 Å². The predicted molar refractivity (Wildman–Crippen MR) is 80.7 cm³/mol. The van der Waals surface area contributed by atoms with Gasteiger partial charge in [-0.25, -0.2) is 9.97 Å². The van der Waals surface area contributed by atoms with E-state index in [1.165, 1.54) is 19.3 Å². The Morgan fingerprint density at radius 2 is 1.84 bits per heavy atom. The summed E-state index contributed by atoms with van der Waals surface area (Å²) in [7, 11) is 0. The molecule has 0 aromatic carbocycles. The molecular formula is C15H26N4. The number of rotatable bonds is 6. The van der Waals surface area contributed by atoms with Crippen LogP contribution in [-0.2, 0) is 0 Å². The molecule has 0 amide bonds. The van der Waals surface area contributed by atoms with Gasteiger partial charge in [-0.2, -0.15) is 0 Å². The fourth-order valence-electron chi connectivity index (χ4n) is 2.35. The number of nitrogens with one attached hydrogen (secondary N) is 2. The van der Waals surface area contributed by atoms with Crippen molar-refractivity contribution in [2.24, 2.45) is 5.41 Å². The highest BCUT2D eigenvalue weighted by Gasteiger charge is 2.31. The SMILES string of the molecule is CCNc1cc(NCC2(C)CCC2)nc(C(C)C)n1. The Labute approximate surface area is 116 Å². The molecule has 0 aliphatic heterocycles. The maximum absolute atomic E-state index is 4.61. The largest absolute Gasteiger partial charge is 0.370 e. The van der Waals surface area contributed by atoms with E-state index in [1.54, 1.807) is 0 Å². The van der Waals surface area contributed by atoms with Gasteiger partial charge in [-0.05, 0) is 25.2 Å². The van der Waals surface area contributed by atoms with Crippen molar-refractivity contribution in [3.8, 4) is 0 Å². The Hall–Kier alpha value is -1.32. The van der Waals surface area contributed by atoms with Crippen LogP contribution in [0.5, 0.6) is 0 Å². The minimum atomic E-state index is 0.346. The minimum absolute atomic E-state index is 0.346. The van der Waals surface area contributed by atoms with Crippen molar-refractivity contribution in [2.45, 2.75) is 52.9 Å². The predicted octanol–water partition coefficient (Wildman–Crippen LogP) is 3.63. The molecule has 0 unspecified atom stereocenters. The Morgan fingerprint density at radius 1 is 1.21 bits per heavy atom. The minimum Gasteiger partial charge on any atom is -0.370 e. The normalized spacial score (nSPS) is 17.1. The van der Waals surface area contributed by atoms with Gasteiger partial charge in [0.25, 0.3) is 0 Å². The number of hydrogen-bond acceptors (Lipinski definition) is 4. The topological polar surface area (TPSA) is 49.8 Å². The highest BCUT2D eigenvalue weighted by molar-refractivity contribution is 5.48. The Morgan fingerprint density at radius 3 is 2.32 bits per heavy atom. The van der Waals surface area contributed by atoms with E-state index in [0.717, 1.165) is 30.5 Å². The zero-order valence-electron chi connectivity index (χ0n) is 12.6. The average Bonchev–Trinajstić information content (AvgIpc) is 2.34. The molecule has 0 spiro atoms. The fraction of sp³-hybridized carbons (Fsp3) is 0.733. The summed E-state index contributed by atoms with van der Waals surface area (Å²) in [6.45, 7) is 10.6. The monoisotopic (exact) mass is 262 g/mol. The van der Waals surface area contributed by atoms with Crippen molar-refractivity contribution >= 4 is 11.6 Å². The van der Waals surface area contributed by atoms with E-state index in [0.29, 0.717) is 11.3 Å². The maximum atomic E-state index is 4.61. The molecule has 1 aliphatic rings. The molecule has 1 saturated carbocycles. The zero-order valence-corrected chi connectivity index (χ0v) is 12.6. The molecule has 1 fully saturated rings. The molecule has 2 rings (SSSR count). The van der Waals surface area contributed by atoms with Gasteiger partial charge >= 0.3 is 0 Å². The van der Waals surface area contributed by atoms with Crippen LogP contribution < -0.4 is 10.6 Å². The first kappa shape index (κ1) is 14.1. The fourth-order valence-corrected chi connectivity index (χ4v) is 2.35. The van der Waals surface area contributed by atoms with Crippen LogP contribution in [0.15, 0.2) is 6.07 Å². The van der Waals surface area contributed by atoms with Crippen molar-refractivity contribution in [1.82, 2.24) is 9.97 Å². The first-order valence-electron chi connectivity index (χ1n) is 7.39.